The lowest BCUT2D eigenvalue weighted by Crippen LogP contribution is -2.26. The first kappa shape index (κ1) is 18.6. The van der Waals surface area contributed by atoms with Crippen LogP contribution in [0.3, 0.4) is 0 Å². The maximum Gasteiger partial charge on any atom is 0.261 e. The van der Waals surface area contributed by atoms with Crippen LogP contribution < -0.4 is 15.0 Å². The normalized spacial score (nSPS) is 25.3. The summed E-state index contributed by atoms with van der Waals surface area (Å²) in [5, 5.41) is 16.9. The molecule has 1 saturated heterocycles. The van der Waals surface area contributed by atoms with E-state index in [4.69, 9.17) is 4.74 Å². The summed E-state index contributed by atoms with van der Waals surface area (Å²) in [5.74, 6) is 2.13. The Bertz CT molecular complexity index is 1190. The molecule has 2 aromatic heterocycles. The van der Waals surface area contributed by atoms with Gasteiger partial charge >= 0.3 is 0 Å². The Morgan fingerprint density at radius 1 is 1.32 bits per heavy atom. The highest BCUT2D eigenvalue weighted by molar-refractivity contribution is 6.09. The Kier molecular flexibility index (Phi) is 3.87. The first-order valence-corrected chi connectivity index (χ1v) is 10.7. The van der Waals surface area contributed by atoms with E-state index in [1.165, 1.54) is 0 Å². The molecular formula is C23H25N5O3. The molecule has 1 aromatic carbocycles. The number of aliphatic hydroxyl groups is 1. The zero-order valence-corrected chi connectivity index (χ0v) is 17.6. The van der Waals surface area contributed by atoms with Crippen LogP contribution in [-0.2, 0) is 6.42 Å². The van der Waals surface area contributed by atoms with E-state index < -0.39 is 0 Å². The molecule has 1 saturated carbocycles. The molecule has 1 amide bonds. The van der Waals surface area contributed by atoms with E-state index in [9.17, 15) is 9.90 Å². The van der Waals surface area contributed by atoms with Gasteiger partial charge in [-0.15, -0.1) is 0 Å². The molecule has 6 rings (SSSR count). The molecule has 31 heavy (non-hydrogen) atoms. The summed E-state index contributed by atoms with van der Waals surface area (Å²) in [5.41, 5.74) is 3.55. The molecule has 2 aliphatic heterocycles. The second kappa shape index (κ2) is 6.43. The van der Waals surface area contributed by atoms with Crippen LogP contribution in [0, 0.1) is 17.8 Å². The number of anilines is 2. The number of carbonyl (C=O) groups excluding carboxylic acids is 1. The predicted molar refractivity (Wildman–Crippen MR) is 116 cm³/mol. The molecule has 3 aliphatic rings. The van der Waals surface area contributed by atoms with Gasteiger partial charge in [-0.3, -0.25) is 4.79 Å². The van der Waals surface area contributed by atoms with Crippen LogP contribution in [0.25, 0.3) is 5.65 Å². The molecule has 3 aromatic rings. The van der Waals surface area contributed by atoms with Crippen molar-refractivity contribution in [2.45, 2.75) is 25.9 Å². The maximum absolute atomic E-state index is 13.2. The zero-order valence-electron chi connectivity index (χ0n) is 17.6. The summed E-state index contributed by atoms with van der Waals surface area (Å²) in [6.07, 6.45) is 5.77. The molecule has 4 heterocycles. The lowest BCUT2D eigenvalue weighted by Gasteiger charge is -2.25. The number of piperidine rings is 1. The van der Waals surface area contributed by atoms with Crippen molar-refractivity contribution in [3.63, 3.8) is 0 Å². The summed E-state index contributed by atoms with van der Waals surface area (Å²) in [6.45, 7) is 6.19. The molecule has 2 unspecified atom stereocenters. The van der Waals surface area contributed by atoms with E-state index in [-0.39, 0.29) is 18.1 Å². The van der Waals surface area contributed by atoms with Crippen LogP contribution in [0.15, 0.2) is 36.8 Å². The van der Waals surface area contributed by atoms with Gasteiger partial charge in [0.05, 0.1) is 17.6 Å². The van der Waals surface area contributed by atoms with Crippen molar-refractivity contribution in [1.29, 1.82) is 0 Å². The van der Waals surface area contributed by atoms with Crippen LogP contribution in [-0.4, -0.2) is 50.9 Å². The van der Waals surface area contributed by atoms with Gasteiger partial charge in [0.1, 0.15) is 16.9 Å². The van der Waals surface area contributed by atoms with E-state index >= 15 is 0 Å². The first-order chi connectivity index (χ1) is 14.9. The minimum atomic E-state index is -0.260. The number of hydrogen-bond donors (Lipinski definition) is 2. The lowest BCUT2D eigenvalue weighted by molar-refractivity contribution is 0.102. The van der Waals surface area contributed by atoms with E-state index in [2.05, 4.69) is 40.2 Å². The van der Waals surface area contributed by atoms with Crippen molar-refractivity contribution in [1.82, 2.24) is 14.6 Å². The van der Waals surface area contributed by atoms with Crippen molar-refractivity contribution in [3.8, 4) is 5.75 Å². The minimum Gasteiger partial charge on any atom is -0.487 e. The zero-order chi connectivity index (χ0) is 21.3. The van der Waals surface area contributed by atoms with Crippen LogP contribution in [0.2, 0.25) is 0 Å². The standard InChI is InChI=1S/C23H25N5O3/c1-23(2)8-13-6-18(26-22(30)14-9-25-28-5-3-4-24-21(14)28)19(7-20(13)31-23)27-10-15-16(11-27)17(15)12-29/h3-7,9,15-17,29H,8,10-12H2,1-2H3,(H,26,30). The number of hydrogen-bond acceptors (Lipinski definition) is 6. The molecule has 0 bridgehead atoms. The molecule has 2 N–H and O–H groups in total. The number of nitrogens with zero attached hydrogens (tertiary/aromatic N) is 4. The first-order valence-electron chi connectivity index (χ1n) is 10.7. The van der Waals surface area contributed by atoms with Crippen molar-refractivity contribution in [2.24, 2.45) is 17.8 Å². The third-order valence-corrected chi connectivity index (χ3v) is 6.88. The third-order valence-electron chi connectivity index (χ3n) is 6.88. The second-order valence-corrected chi connectivity index (χ2v) is 9.49. The van der Waals surface area contributed by atoms with E-state index in [0.29, 0.717) is 29.0 Å². The average Bonchev–Trinajstić information content (AvgIpc) is 3.11. The Labute approximate surface area is 179 Å². The molecule has 2 fully saturated rings. The quantitative estimate of drug-likeness (QED) is 0.675. The number of nitrogens with one attached hydrogen (secondary N) is 1. The molecule has 1 aliphatic carbocycles. The maximum atomic E-state index is 13.2. The summed E-state index contributed by atoms with van der Waals surface area (Å²) in [6, 6.07) is 5.89. The number of fused-ring (bicyclic) bond motifs is 3. The molecule has 160 valence electrons. The van der Waals surface area contributed by atoms with Crippen LogP contribution in [0.4, 0.5) is 11.4 Å². The SMILES string of the molecule is CC1(C)Cc2cc(NC(=O)c3cnn4cccnc34)c(N3CC4C(CO)C4C3)cc2O1. The summed E-state index contributed by atoms with van der Waals surface area (Å²) < 4.78 is 7.76. The Morgan fingerprint density at radius 2 is 2.13 bits per heavy atom. The minimum absolute atomic E-state index is 0.231. The van der Waals surface area contributed by atoms with Gasteiger partial charge in [0.2, 0.25) is 0 Å². The fraction of sp³-hybridized carbons (Fsp3) is 0.435. The highest BCUT2D eigenvalue weighted by Crippen LogP contribution is 2.53. The van der Waals surface area contributed by atoms with E-state index in [0.717, 1.165) is 42.2 Å². The Hall–Kier alpha value is -3.13. The Morgan fingerprint density at radius 3 is 2.90 bits per heavy atom. The molecular weight excluding hydrogens is 394 g/mol. The monoisotopic (exact) mass is 419 g/mol. The Balaban J connectivity index is 1.34. The van der Waals surface area contributed by atoms with Gasteiger partial charge in [-0.1, -0.05) is 0 Å². The van der Waals surface area contributed by atoms with Gasteiger partial charge < -0.3 is 20.1 Å². The smallest absolute Gasteiger partial charge is 0.261 e. The van der Waals surface area contributed by atoms with Crippen molar-refractivity contribution in [2.75, 3.05) is 29.9 Å². The van der Waals surface area contributed by atoms with E-state index in [1.807, 2.05) is 6.07 Å². The van der Waals surface area contributed by atoms with Crippen molar-refractivity contribution < 1.29 is 14.6 Å². The average molecular weight is 419 g/mol. The number of aliphatic hydroxyl groups excluding tert-OH is 1. The van der Waals surface area contributed by atoms with Gasteiger partial charge in [-0.2, -0.15) is 5.10 Å². The molecule has 0 spiro atoms. The molecule has 8 nitrogen and oxygen atoms in total. The number of amides is 1. The third kappa shape index (κ3) is 2.96. The summed E-state index contributed by atoms with van der Waals surface area (Å²) in [7, 11) is 0. The van der Waals surface area contributed by atoms with Crippen LogP contribution in [0.1, 0.15) is 29.8 Å². The highest BCUT2D eigenvalue weighted by Gasteiger charge is 2.55. The summed E-state index contributed by atoms with van der Waals surface area (Å²) in [4.78, 5) is 19.8. The molecule has 8 heteroatoms. The van der Waals surface area contributed by atoms with Crippen LogP contribution in [0.5, 0.6) is 5.75 Å². The van der Waals surface area contributed by atoms with Gasteiger partial charge in [-0.25, -0.2) is 9.50 Å². The largest absolute Gasteiger partial charge is 0.487 e. The lowest BCUT2D eigenvalue weighted by atomic mass is 10.0. The predicted octanol–water partition coefficient (Wildman–Crippen LogP) is 2.37. The fourth-order valence-corrected chi connectivity index (χ4v) is 5.30. The highest BCUT2D eigenvalue weighted by atomic mass is 16.5. The van der Waals surface area contributed by atoms with Crippen LogP contribution >= 0.6 is 0 Å². The molecule has 2 atom stereocenters. The topological polar surface area (TPSA) is 92.0 Å². The van der Waals surface area contributed by atoms with Gasteiger partial charge in [0.25, 0.3) is 5.91 Å². The number of ether oxygens (including phenoxy) is 1. The molecule has 0 radical (unpaired) electrons. The second-order valence-electron chi connectivity index (χ2n) is 9.49. The van der Waals surface area contributed by atoms with Gasteiger partial charge in [0, 0.05) is 50.1 Å². The van der Waals surface area contributed by atoms with Gasteiger partial charge in [-0.05, 0) is 43.7 Å². The number of carbonyl (C=O) groups is 1. The fourth-order valence-electron chi connectivity index (χ4n) is 5.30. The number of benzene rings is 1. The summed E-state index contributed by atoms with van der Waals surface area (Å²) >= 11 is 0. The van der Waals surface area contributed by atoms with Crippen molar-refractivity contribution >= 4 is 22.9 Å². The van der Waals surface area contributed by atoms with Gasteiger partial charge in [0.15, 0.2) is 5.65 Å². The van der Waals surface area contributed by atoms with Crippen molar-refractivity contribution in [3.05, 3.63) is 47.9 Å². The number of aromatic nitrogens is 3. The number of rotatable bonds is 4. The van der Waals surface area contributed by atoms with E-state index in [1.54, 1.807) is 29.2 Å².